The van der Waals surface area contributed by atoms with Gasteiger partial charge in [-0.15, -0.1) is 0 Å². The third-order valence-electron chi connectivity index (χ3n) is 1.52. The molecule has 1 aromatic rings. The predicted octanol–water partition coefficient (Wildman–Crippen LogP) is 2.14. The Morgan fingerprint density at radius 2 is 2.00 bits per heavy atom. The van der Waals surface area contributed by atoms with E-state index < -0.39 is 0 Å². The summed E-state index contributed by atoms with van der Waals surface area (Å²) in [5, 5.41) is 0. The molecule has 0 bridgehead atoms. The van der Waals surface area contributed by atoms with Gasteiger partial charge in [-0.2, -0.15) is 0 Å². The first-order chi connectivity index (χ1) is 5.47. The highest BCUT2D eigenvalue weighted by Gasteiger charge is 2.08. The van der Waals surface area contributed by atoms with Crippen molar-refractivity contribution in [2.24, 2.45) is 0 Å². The third kappa shape index (κ3) is 1.77. The zero-order chi connectivity index (χ0) is 8.10. The number of pyridine rings is 1. The molecular formula is C9H13NO. The second kappa shape index (κ2) is 4.09. The highest BCUT2D eigenvalue weighted by atomic mass is 16.5. The lowest BCUT2D eigenvalue weighted by molar-refractivity contribution is 0.134. The lowest BCUT2D eigenvalue weighted by Gasteiger charge is -1.89. The second-order valence-corrected chi connectivity index (χ2v) is 2.14. The maximum atomic E-state index is 5.17. The van der Waals surface area contributed by atoms with Crippen molar-refractivity contribution in [2.75, 3.05) is 0 Å². The first-order valence-electron chi connectivity index (χ1n) is 3.96. The summed E-state index contributed by atoms with van der Waals surface area (Å²) in [5.41, 5.74) is 2.52. The number of hydrogen-bond acceptors (Lipinski definition) is 2. The molecule has 0 amide bonds. The number of nitrogens with zero attached hydrogens (tertiary/aromatic N) is 1. The van der Waals surface area contributed by atoms with Gasteiger partial charge in [-0.05, 0) is 11.6 Å². The van der Waals surface area contributed by atoms with Gasteiger partial charge in [-0.1, -0.05) is 13.8 Å². The SMILES string of the molecule is CC.c1cc2c(cn1)COC2. The van der Waals surface area contributed by atoms with Crippen molar-refractivity contribution in [3.63, 3.8) is 0 Å². The zero-order valence-corrected chi connectivity index (χ0v) is 7.00. The summed E-state index contributed by atoms with van der Waals surface area (Å²) in [5.74, 6) is 0. The molecule has 0 atom stereocenters. The van der Waals surface area contributed by atoms with Crippen LogP contribution in [0, 0.1) is 0 Å². The van der Waals surface area contributed by atoms with Gasteiger partial charge in [-0.25, -0.2) is 0 Å². The van der Waals surface area contributed by atoms with E-state index in [-0.39, 0.29) is 0 Å². The van der Waals surface area contributed by atoms with Gasteiger partial charge < -0.3 is 4.74 Å². The molecule has 2 nitrogen and oxygen atoms in total. The van der Waals surface area contributed by atoms with Crippen LogP contribution in [-0.2, 0) is 18.0 Å². The lowest BCUT2D eigenvalue weighted by Crippen LogP contribution is -1.80. The van der Waals surface area contributed by atoms with E-state index in [0.717, 1.165) is 13.2 Å². The molecule has 0 spiro atoms. The first kappa shape index (κ1) is 8.21. The lowest BCUT2D eigenvalue weighted by atomic mass is 10.2. The van der Waals surface area contributed by atoms with Gasteiger partial charge in [0, 0.05) is 18.0 Å². The summed E-state index contributed by atoms with van der Waals surface area (Å²) >= 11 is 0. The smallest absolute Gasteiger partial charge is 0.0740 e. The molecule has 0 saturated heterocycles. The van der Waals surface area contributed by atoms with Crippen LogP contribution in [0.15, 0.2) is 18.5 Å². The van der Waals surface area contributed by atoms with Gasteiger partial charge in [0.2, 0.25) is 0 Å². The molecule has 60 valence electrons. The Morgan fingerprint density at radius 3 is 2.73 bits per heavy atom. The number of ether oxygens (including phenoxy) is 1. The molecular weight excluding hydrogens is 138 g/mol. The largest absolute Gasteiger partial charge is 0.372 e. The van der Waals surface area contributed by atoms with Crippen molar-refractivity contribution >= 4 is 0 Å². The topological polar surface area (TPSA) is 22.1 Å². The van der Waals surface area contributed by atoms with Crippen molar-refractivity contribution in [3.05, 3.63) is 29.6 Å². The number of aromatic nitrogens is 1. The van der Waals surface area contributed by atoms with E-state index in [1.165, 1.54) is 11.1 Å². The van der Waals surface area contributed by atoms with Gasteiger partial charge in [0.1, 0.15) is 0 Å². The fourth-order valence-corrected chi connectivity index (χ4v) is 0.998. The Balaban J connectivity index is 0.000000281. The van der Waals surface area contributed by atoms with Gasteiger partial charge >= 0.3 is 0 Å². The number of hydrogen-bond donors (Lipinski definition) is 0. The van der Waals surface area contributed by atoms with Crippen LogP contribution in [0.25, 0.3) is 0 Å². The van der Waals surface area contributed by atoms with Crippen LogP contribution in [0.4, 0.5) is 0 Å². The molecule has 2 heterocycles. The highest BCUT2D eigenvalue weighted by Crippen LogP contribution is 2.16. The van der Waals surface area contributed by atoms with Gasteiger partial charge in [0.15, 0.2) is 0 Å². The first-order valence-corrected chi connectivity index (χ1v) is 3.96. The molecule has 0 aromatic carbocycles. The molecule has 0 fully saturated rings. The number of fused-ring (bicyclic) bond motifs is 1. The van der Waals surface area contributed by atoms with Crippen molar-refractivity contribution < 1.29 is 4.74 Å². The Morgan fingerprint density at radius 1 is 1.27 bits per heavy atom. The Bertz CT molecular complexity index is 200. The average molecular weight is 151 g/mol. The number of rotatable bonds is 0. The molecule has 2 heteroatoms. The summed E-state index contributed by atoms with van der Waals surface area (Å²) in [4.78, 5) is 3.98. The Labute approximate surface area is 67.2 Å². The summed E-state index contributed by atoms with van der Waals surface area (Å²) in [6.07, 6.45) is 3.66. The Kier molecular flexibility index (Phi) is 3.05. The van der Waals surface area contributed by atoms with E-state index >= 15 is 0 Å². The molecule has 0 unspecified atom stereocenters. The highest BCUT2D eigenvalue weighted by molar-refractivity contribution is 5.23. The molecule has 2 rings (SSSR count). The maximum absolute atomic E-state index is 5.17. The fraction of sp³-hybridized carbons (Fsp3) is 0.444. The van der Waals surface area contributed by atoms with E-state index in [1.54, 1.807) is 6.20 Å². The van der Waals surface area contributed by atoms with Crippen LogP contribution in [0.3, 0.4) is 0 Å². The van der Waals surface area contributed by atoms with E-state index in [0.29, 0.717) is 0 Å². The van der Waals surface area contributed by atoms with Crippen molar-refractivity contribution in [1.82, 2.24) is 4.98 Å². The summed E-state index contributed by atoms with van der Waals surface area (Å²) in [7, 11) is 0. The van der Waals surface area contributed by atoms with Gasteiger partial charge in [0.05, 0.1) is 13.2 Å². The molecule has 11 heavy (non-hydrogen) atoms. The third-order valence-corrected chi connectivity index (χ3v) is 1.52. The van der Waals surface area contributed by atoms with E-state index in [9.17, 15) is 0 Å². The van der Waals surface area contributed by atoms with Crippen LogP contribution < -0.4 is 0 Å². The fourth-order valence-electron chi connectivity index (χ4n) is 0.998. The van der Waals surface area contributed by atoms with Crippen LogP contribution in [0.2, 0.25) is 0 Å². The minimum atomic E-state index is 0.739. The van der Waals surface area contributed by atoms with E-state index in [1.807, 2.05) is 26.1 Å². The van der Waals surface area contributed by atoms with Crippen molar-refractivity contribution in [2.45, 2.75) is 27.1 Å². The van der Waals surface area contributed by atoms with Crippen LogP contribution in [0.5, 0.6) is 0 Å². The molecule has 0 N–H and O–H groups in total. The molecule has 1 aliphatic heterocycles. The molecule has 0 radical (unpaired) electrons. The summed E-state index contributed by atoms with van der Waals surface area (Å²) < 4.78 is 5.17. The van der Waals surface area contributed by atoms with Crippen LogP contribution in [-0.4, -0.2) is 4.98 Å². The quantitative estimate of drug-likeness (QED) is 0.566. The van der Waals surface area contributed by atoms with E-state index in [4.69, 9.17) is 4.74 Å². The van der Waals surface area contributed by atoms with Crippen molar-refractivity contribution in [3.8, 4) is 0 Å². The molecule has 1 aliphatic rings. The summed E-state index contributed by atoms with van der Waals surface area (Å²) in [6.45, 7) is 5.50. The van der Waals surface area contributed by atoms with Gasteiger partial charge in [-0.3, -0.25) is 4.98 Å². The second-order valence-electron chi connectivity index (χ2n) is 2.14. The Hall–Kier alpha value is -0.890. The minimum Gasteiger partial charge on any atom is -0.372 e. The molecule has 1 aromatic heterocycles. The summed E-state index contributed by atoms with van der Waals surface area (Å²) in [6, 6.07) is 2.00. The maximum Gasteiger partial charge on any atom is 0.0740 e. The molecule has 0 aliphatic carbocycles. The molecule has 0 saturated carbocycles. The standard InChI is InChI=1S/C7H7NO.C2H6/c1-2-8-3-7-5-9-4-6(1)7;1-2/h1-3H,4-5H2;1-2H3. The predicted molar refractivity (Wildman–Crippen MR) is 44.1 cm³/mol. The van der Waals surface area contributed by atoms with Crippen LogP contribution >= 0.6 is 0 Å². The monoisotopic (exact) mass is 151 g/mol. The van der Waals surface area contributed by atoms with Gasteiger partial charge in [0.25, 0.3) is 0 Å². The van der Waals surface area contributed by atoms with E-state index in [2.05, 4.69) is 4.98 Å². The minimum absolute atomic E-state index is 0.739. The average Bonchev–Trinajstić information content (AvgIpc) is 2.55. The van der Waals surface area contributed by atoms with Crippen molar-refractivity contribution in [1.29, 1.82) is 0 Å². The normalized spacial score (nSPS) is 13.3. The zero-order valence-electron chi connectivity index (χ0n) is 7.00. The van der Waals surface area contributed by atoms with Crippen LogP contribution in [0.1, 0.15) is 25.0 Å².